The van der Waals surface area contributed by atoms with Gasteiger partial charge in [-0.05, 0) is 18.1 Å². The summed E-state index contributed by atoms with van der Waals surface area (Å²) in [5.74, 6) is 0.0490. The SMILES string of the molecule is Cn1cc(C2CCC(=O)CC2=O)c2ccccc21. The third kappa shape index (κ3) is 1.67. The Labute approximate surface area is 105 Å². The van der Waals surface area contributed by atoms with Crippen molar-refractivity contribution in [1.82, 2.24) is 4.57 Å². The summed E-state index contributed by atoms with van der Waals surface area (Å²) in [7, 11) is 1.99. The Balaban J connectivity index is 2.09. The van der Waals surface area contributed by atoms with Crippen LogP contribution in [-0.2, 0) is 16.6 Å². The first-order valence-corrected chi connectivity index (χ1v) is 6.25. The van der Waals surface area contributed by atoms with Crippen molar-refractivity contribution in [3.63, 3.8) is 0 Å². The van der Waals surface area contributed by atoms with Crippen molar-refractivity contribution in [2.45, 2.75) is 25.2 Å². The Morgan fingerprint density at radius 1 is 1.22 bits per heavy atom. The van der Waals surface area contributed by atoms with Gasteiger partial charge in [0.1, 0.15) is 11.6 Å². The topological polar surface area (TPSA) is 39.1 Å². The van der Waals surface area contributed by atoms with Crippen molar-refractivity contribution in [2.24, 2.45) is 7.05 Å². The number of carbonyl (C=O) groups is 2. The fourth-order valence-corrected chi connectivity index (χ4v) is 2.85. The van der Waals surface area contributed by atoms with Crippen molar-refractivity contribution < 1.29 is 9.59 Å². The van der Waals surface area contributed by atoms with Gasteiger partial charge < -0.3 is 4.57 Å². The summed E-state index contributed by atoms with van der Waals surface area (Å²) < 4.78 is 2.05. The third-order valence-corrected chi connectivity index (χ3v) is 3.78. The van der Waals surface area contributed by atoms with Gasteiger partial charge in [-0.3, -0.25) is 9.59 Å². The molecule has 1 atom stereocenters. The molecule has 0 bridgehead atoms. The van der Waals surface area contributed by atoms with Gasteiger partial charge in [0, 0.05) is 36.5 Å². The van der Waals surface area contributed by atoms with E-state index in [0.29, 0.717) is 12.8 Å². The Hall–Kier alpha value is -1.90. The number of aromatic nitrogens is 1. The van der Waals surface area contributed by atoms with E-state index in [4.69, 9.17) is 0 Å². The van der Waals surface area contributed by atoms with Gasteiger partial charge in [-0.1, -0.05) is 18.2 Å². The van der Waals surface area contributed by atoms with Gasteiger partial charge >= 0.3 is 0 Å². The number of ketones is 2. The average molecular weight is 241 g/mol. The molecule has 92 valence electrons. The molecule has 1 heterocycles. The highest BCUT2D eigenvalue weighted by Gasteiger charge is 2.30. The quantitative estimate of drug-likeness (QED) is 0.720. The molecule has 0 N–H and O–H groups in total. The molecule has 0 aliphatic heterocycles. The summed E-state index contributed by atoms with van der Waals surface area (Å²) in [4.78, 5) is 23.3. The van der Waals surface area contributed by atoms with Crippen LogP contribution >= 0.6 is 0 Å². The van der Waals surface area contributed by atoms with Gasteiger partial charge in [-0.25, -0.2) is 0 Å². The molecule has 1 unspecified atom stereocenters. The molecule has 3 nitrogen and oxygen atoms in total. The monoisotopic (exact) mass is 241 g/mol. The van der Waals surface area contributed by atoms with E-state index in [1.165, 1.54) is 0 Å². The van der Waals surface area contributed by atoms with E-state index in [1.807, 2.05) is 36.0 Å². The van der Waals surface area contributed by atoms with Crippen LogP contribution in [0.1, 0.15) is 30.7 Å². The molecular weight excluding hydrogens is 226 g/mol. The molecule has 0 spiro atoms. The summed E-state index contributed by atoms with van der Waals surface area (Å²) in [6.45, 7) is 0. The first-order valence-electron chi connectivity index (χ1n) is 6.25. The molecule has 0 saturated heterocycles. The first kappa shape index (κ1) is 11.2. The second-order valence-electron chi connectivity index (χ2n) is 4.99. The Bertz CT molecular complexity index is 639. The predicted molar refractivity (Wildman–Crippen MR) is 69.5 cm³/mol. The molecule has 1 aliphatic carbocycles. The second-order valence-corrected chi connectivity index (χ2v) is 4.99. The fraction of sp³-hybridized carbons (Fsp3) is 0.333. The van der Waals surface area contributed by atoms with Gasteiger partial charge in [0.2, 0.25) is 0 Å². The van der Waals surface area contributed by atoms with Crippen LogP contribution in [0.25, 0.3) is 10.9 Å². The Morgan fingerprint density at radius 3 is 2.78 bits per heavy atom. The zero-order chi connectivity index (χ0) is 12.7. The summed E-state index contributed by atoms with van der Waals surface area (Å²) in [6.07, 6.45) is 3.32. The molecule has 1 saturated carbocycles. The third-order valence-electron chi connectivity index (χ3n) is 3.78. The summed E-state index contributed by atoms with van der Waals surface area (Å²) >= 11 is 0. The standard InChI is InChI=1S/C15H15NO2/c1-16-9-13(11-4-2-3-5-14(11)16)12-7-6-10(17)8-15(12)18/h2-5,9,12H,6-8H2,1H3. The maximum absolute atomic E-state index is 12.0. The van der Waals surface area contributed by atoms with Crippen LogP contribution in [-0.4, -0.2) is 16.1 Å². The van der Waals surface area contributed by atoms with Gasteiger partial charge in [0.25, 0.3) is 0 Å². The molecule has 0 radical (unpaired) electrons. The van der Waals surface area contributed by atoms with Crippen LogP contribution in [0, 0.1) is 0 Å². The molecule has 3 rings (SSSR count). The minimum atomic E-state index is -0.103. The van der Waals surface area contributed by atoms with E-state index in [9.17, 15) is 9.59 Å². The molecule has 1 aliphatic rings. The van der Waals surface area contributed by atoms with Gasteiger partial charge in [-0.2, -0.15) is 0 Å². The lowest BCUT2D eigenvalue weighted by Gasteiger charge is -2.19. The number of hydrogen-bond donors (Lipinski definition) is 0. The highest BCUT2D eigenvalue weighted by molar-refractivity contribution is 6.06. The first-order chi connectivity index (χ1) is 8.66. The molecule has 1 aromatic carbocycles. The van der Waals surface area contributed by atoms with Crippen molar-refractivity contribution in [2.75, 3.05) is 0 Å². The predicted octanol–water partition coefficient (Wildman–Crippen LogP) is 2.58. The minimum absolute atomic E-state index is 0.0719. The number of carbonyl (C=O) groups excluding carboxylic acids is 2. The van der Waals surface area contributed by atoms with Gasteiger partial charge in [0.05, 0.1) is 6.42 Å². The van der Waals surface area contributed by atoms with Crippen molar-refractivity contribution in [1.29, 1.82) is 0 Å². The second kappa shape index (κ2) is 4.09. The zero-order valence-electron chi connectivity index (χ0n) is 10.3. The average Bonchev–Trinajstić information content (AvgIpc) is 2.68. The number of rotatable bonds is 1. The van der Waals surface area contributed by atoms with Crippen LogP contribution in [0.15, 0.2) is 30.5 Å². The van der Waals surface area contributed by atoms with E-state index >= 15 is 0 Å². The van der Waals surface area contributed by atoms with Gasteiger partial charge in [0.15, 0.2) is 0 Å². The van der Waals surface area contributed by atoms with E-state index in [0.717, 1.165) is 16.5 Å². The number of Topliss-reactive ketones (excluding diaryl/α,β-unsaturated/α-hetero) is 2. The normalized spacial score (nSPS) is 20.6. The molecule has 18 heavy (non-hydrogen) atoms. The minimum Gasteiger partial charge on any atom is -0.350 e. The summed E-state index contributed by atoms with van der Waals surface area (Å²) in [6, 6.07) is 8.09. The van der Waals surface area contributed by atoms with E-state index in [-0.39, 0.29) is 23.9 Å². The Kier molecular flexibility index (Phi) is 2.54. The largest absolute Gasteiger partial charge is 0.350 e. The summed E-state index contributed by atoms with van der Waals surface area (Å²) in [5, 5.41) is 1.13. The van der Waals surface area contributed by atoms with Crippen LogP contribution in [0.5, 0.6) is 0 Å². The lowest BCUT2D eigenvalue weighted by atomic mass is 9.82. The molecule has 3 heteroatoms. The van der Waals surface area contributed by atoms with Crippen LogP contribution in [0.4, 0.5) is 0 Å². The fourth-order valence-electron chi connectivity index (χ4n) is 2.85. The number of para-hydroxylation sites is 1. The molecule has 1 fully saturated rings. The lowest BCUT2D eigenvalue weighted by molar-refractivity contribution is -0.130. The molecule has 2 aromatic rings. The highest BCUT2D eigenvalue weighted by atomic mass is 16.1. The number of aryl methyl sites for hydroxylation is 1. The number of benzene rings is 1. The maximum atomic E-state index is 12.0. The summed E-state index contributed by atoms with van der Waals surface area (Å²) in [5.41, 5.74) is 2.21. The van der Waals surface area contributed by atoms with Crippen LogP contribution < -0.4 is 0 Å². The van der Waals surface area contributed by atoms with E-state index in [2.05, 4.69) is 6.07 Å². The number of hydrogen-bond acceptors (Lipinski definition) is 2. The number of fused-ring (bicyclic) bond motifs is 1. The van der Waals surface area contributed by atoms with Crippen molar-refractivity contribution in [3.8, 4) is 0 Å². The van der Waals surface area contributed by atoms with E-state index in [1.54, 1.807) is 0 Å². The Morgan fingerprint density at radius 2 is 2.00 bits per heavy atom. The zero-order valence-corrected chi connectivity index (χ0v) is 10.3. The maximum Gasteiger partial charge on any atom is 0.147 e. The molecule has 0 amide bonds. The smallest absolute Gasteiger partial charge is 0.147 e. The van der Waals surface area contributed by atoms with Crippen LogP contribution in [0.3, 0.4) is 0 Å². The van der Waals surface area contributed by atoms with Gasteiger partial charge in [-0.15, -0.1) is 0 Å². The molecule has 1 aromatic heterocycles. The highest BCUT2D eigenvalue weighted by Crippen LogP contribution is 2.34. The van der Waals surface area contributed by atoms with E-state index < -0.39 is 0 Å². The van der Waals surface area contributed by atoms with Crippen molar-refractivity contribution >= 4 is 22.5 Å². The number of nitrogens with zero attached hydrogens (tertiary/aromatic N) is 1. The van der Waals surface area contributed by atoms with Crippen LogP contribution in [0.2, 0.25) is 0 Å². The molecular formula is C15H15NO2. The van der Waals surface area contributed by atoms with Crippen molar-refractivity contribution in [3.05, 3.63) is 36.0 Å². The lowest BCUT2D eigenvalue weighted by Crippen LogP contribution is -2.23.